The fraction of sp³-hybridized carbons (Fsp3) is 0.364. The maximum atomic E-state index is 11.8. The number of nitrogens with zero attached hydrogens (tertiary/aromatic N) is 1. The Bertz CT molecular complexity index is 617. The number of amides is 1. The summed E-state index contributed by atoms with van der Waals surface area (Å²) in [6, 6.07) is 4.81. The molecule has 1 aromatic rings. The molecule has 0 spiro atoms. The van der Waals surface area contributed by atoms with Crippen molar-refractivity contribution in [2.75, 3.05) is 18.6 Å². The maximum Gasteiger partial charge on any atom is 0.237 e. The molecule has 1 aromatic carbocycles. The van der Waals surface area contributed by atoms with Crippen LogP contribution in [0.25, 0.3) is 0 Å². The molecule has 1 amide bonds. The second kappa shape index (κ2) is 5.19. The van der Waals surface area contributed by atoms with Gasteiger partial charge in [-0.15, -0.1) is 0 Å². The minimum Gasteiger partial charge on any atom is -0.495 e. The summed E-state index contributed by atoms with van der Waals surface area (Å²) in [7, 11) is 3.00. The van der Waals surface area contributed by atoms with E-state index in [1.807, 2.05) is 0 Å². The first kappa shape index (κ1) is 14.4. The molecule has 1 atom stereocenters. The van der Waals surface area contributed by atoms with Gasteiger partial charge in [-0.25, -0.2) is 8.42 Å². The zero-order chi connectivity index (χ0) is 14.2. The van der Waals surface area contributed by atoms with Crippen LogP contribution in [0.5, 0.6) is 5.75 Å². The van der Waals surface area contributed by atoms with Crippen LogP contribution in [-0.4, -0.2) is 33.2 Å². The molecular formula is C11H11Cl2NO4S. The molecule has 1 unspecified atom stereocenters. The summed E-state index contributed by atoms with van der Waals surface area (Å²) in [5.41, 5.74) is 0.536. The maximum absolute atomic E-state index is 11.8. The van der Waals surface area contributed by atoms with E-state index >= 15 is 0 Å². The average Bonchev–Trinajstić information content (AvgIpc) is 2.72. The van der Waals surface area contributed by atoms with Crippen LogP contribution < -0.4 is 9.64 Å². The summed E-state index contributed by atoms with van der Waals surface area (Å²) < 4.78 is 27.6. The SMILES string of the molecule is COc1cc(N2CC(S(=O)(=O)Cl)CC2=O)ccc1Cl. The highest BCUT2D eigenvalue weighted by Gasteiger charge is 2.38. The van der Waals surface area contributed by atoms with E-state index in [-0.39, 0.29) is 18.9 Å². The van der Waals surface area contributed by atoms with E-state index in [2.05, 4.69) is 0 Å². The number of benzene rings is 1. The Hall–Kier alpha value is -0.980. The van der Waals surface area contributed by atoms with Crippen LogP contribution in [0.1, 0.15) is 6.42 Å². The van der Waals surface area contributed by atoms with Crippen molar-refractivity contribution in [1.82, 2.24) is 0 Å². The van der Waals surface area contributed by atoms with Crippen LogP contribution in [0.3, 0.4) is 0 Å². The number of methoxy groups -OCH3 is 1. The molecule has 1 fully saturated rings. The first-order valence-electron chi connectivity index (χ1n) is 5.40. The molecule has 0 aliphatic carbocycles. The smallest absolute Gasteiger partial charge is 0.237 e. The number of hydrogen-bond donors (Lipinski definition) is 0. The normalized spacial score (nSPS) is 19.8. The lowest BCUT2D eigenvalue weighted by atomic mass is 10.3. The van der Waals surface area contributed by atoms with Gasteiger partial charge in [-0.3, -0.25) is 4.79 Å². The Labute approximate surface area is 120 Å². The molecule has 104 valence electrons. The molecule has 5 nitrogen and oxygen atoms in total. The Morgan fingerprint density at radius 2 is 2.11 bits per heavy atom. The molecule has 0 radical (unpaired) electrons. The van der Waals surface area contributed by atoms with Crippen molar-refractivity contribution in [3.05, 3.63) is 23.2 Å². The number of carbonyl (C=O) groups is 1. The van der Waals surface area contributed by atoms with Crippen molar-refractivity contribution in [2.45, 2.75) is 11.7 Å². The summed E-state index contributed by atoms with van der Waals surface area (Å²) in [4.78, 5) is 13.2. The minimum absolute atomic E-state index is 0.0372. The van der Waals surface area contributed by atoms with Gasteiger partial charge in [-0.1, -0.05) is 11.6 Å². The number of anilines is 1. The highest BCUT2D eigenvalue weighted by Crippen LogP contribution is 2.32. The van der Waals surface area contributed by atoms with Gasteiger partial charge < -0.3 is 9.64 Å². The Morgan fingerprint density at radius 3 is 2.63 bits per heavy atom. The topological polar surface area (TPSA) is 63.7 Å². The van der Waals surface area contributed by atoms with E-state index in [0.29, 0.717) is 16.5 Å². The molecule has 8 heteroatoms. The van der Waals surface area contributed by atoms with Gasteiger partial charge in [0.25, 0.3) is 0 Å². The fourth-order valence-corrected chi connectivity index (χ4v) is 3.15. The Kier molecular flexibility index (Phi) is 3.94. The molecule has 1 heterocycles. The van der Waals surface area contributed by atoms with Crippen molar-refractivity contribution in [3.63, 3.8) is 0 Å². The molecule has 1 aliphatic heterocycles. The fourth-order valence-electron chi connectivity index (χ4n) is 1.93. The molecule has 19 heavy (non-hydrogen) atoms. The van der Waals surface area contributed by atoms with Gasteiger partial charge in [0, 0.05) is 35.4 Å². The van der Waals surface area contributed by atoms with Crippen molar-refractivity contribution in [3.8, 4) is 5.75 Å². The van der Waals surface area contributed by atoms with Crippen LogP contribution >= 0.6 is 22.3 Å². The highest BCUT2D eigenvalue weighted by atomic mass is 35.7. The monoisotopic (exact) mass is 323 g/mol. The van der Waals surface area contributed by atoms with Gasteiger partial charge >= 0.3 is 0 Å². The average molecular weight is 324 g/mol. The molecule has 0 bridgehead atoms. The number of carbonyl (C=O) groups excluding carboxylic acids is 1. The second-order valence-corrected chi connectivity index (χ2v) is 7.44. The summed E-state index contributed by atoms with van der Waals surface area (Å²) >= 11 is 5.90. The van der Waals surface area contributed by atoms with Crippen molar-refractivity contribution < 1.29 is 17.9 Å². The van der Waals surface area contributed by atoms with Crippen LogP contribution in [-0.2, 0) is 13.8 Å². The molecule has 1 saturated heterocycles. The number of ether oxygens (including phenoxy) is 1. The van der Waals surface area contributed by atoms with Gasteiger partial charge in [-0.05, 0) is 12.1 Å². The van der Waals surface area contributed by atoms with Gasteiger partial charge in [0.2, 0.25) is 15.0 Å². The molecular weight excluding hydrogens is 313 g/mol. The lowest BCUT2D eigenvalue weighted by Crippen LogP contribution is -2.26. The van der Waals surface area contributed by atoms with Crippen LogP contribution in [0.2, 0.25) is 5.02 Å². The van der Waals surface area contributed by atoms with E-state index in [4.69, 9.17) is 27.0 Å². The Morgan fingerprint density at radius 1 is 1.42 bits per heavy atom. The van der Waals surface area contributed by atoms with Gasteiger partial charge in [-0.2, -0.15) is 0 Å². The summed E-state index contributed by atoms with van der Waals surface area (Å²) in [5.74, 6) is 0.128. The minimum atomic E-state index is -3.75. The van der Waals surface area contributed by atoms with E-state index < -0.39 is 14.3 Å². The van der Waals surface area contributed by atoms with Gasteiger partial charge in [0.1, 0.15) is 11.0 Å². The number of rotatable bonds is 3. The summed E-state index contributed by atoms with van der Waals surface area (Å²) in [6.07, 6.45) is -0.114. The lowest BCUT2D eigenvalue weighted by Gasteiger charge is -2.17. The highest BCUT2D eigenvalue weighted by molar-refractivity contribution is 8.14. The third-order valence-corrected chi connectivity index (χ3v) is 5.11. The quantitative estimate of drug-likeness (QED) is 0.798. The third-order valence-electron chi connectivity index (χ3n) is 2.93. The van der Waals surface area contributed by atoms with Crippen LogP contribution in [0, 0.1) is 0 Å². The van der Waals surface area contributed by atoms with E-state index in [1.54, 1.807) is 18.2 Å². The number of halogens is 2. The zero-order valence-electron chi connectivity index (χ0n) is 9.97. The van der Waals surface area contributed by atoms with Crippen LogP contribution in [0.4, 0.5) is 5.69 Å². The summed E-state index contributed by atoms with van der Waals surface area (Å²) in [5, 5.41) is -0.470. The largest absolute Gasteiger partial charge is 0.495 e. The molecule has 0 aromatic heterocycles. The third kappa shape index (κ3) is 2.96. The summed E-state index contributed by atoms with van der Waals surface area (Å²) in [6.45, 7) is 0.0372. The molecule has 1 aliphatic rings. The van der Waals surface area contributed by atoms with Crippen molar-refractivity contribution in [1.29, 1.82) is 0 Å². The first-order valence-corrected chi connectivity index (χ1v) is 8.15. The van der Waals surface area contributed by atoms with Crippen molar-refractivity contribution in [2.24, 2.45) is 0 Å². The lowest BCUT2D eigenvalue weighted by molar-refractivity contribution is -0.117. The number of hydrogen-bond acceptors (Lipinski definition) is 4. The standard InChI is InChI=1S/C11H11Cl2NO4S/c1-18-10-4-7(2-3-9(10)12)14-6-8(5-11(14)15)19(13,16)17/h2-4,8H,5-6H2,1H3. The predicted octanol–water partition coefficient (Wildman–Crippen LogP) is 2.02. The molecule has 0 saturated carbocycles. The van der Waals surface area contributed by atoms with E-state index in [0.717, 1.165) is 0 Å². The van der Waals surface area contributed by atoms with Crippen molar-refractivity contribution >= 4 is 42.9 Å². The Balaban J connectivity index is 2.31. The van der Waals surface area contributed by atoms with Crippen LogP contribution in [0.15, 0.2) is 18.2 Å². The molecule has 0 N–H and O–H groups in total. The first-order chi connectivity index (χ1) is 8.82. The van der Waals surface area contributed by atoms with Gasteiger partial charge in [0.15, 0.2) is 0 Å². The van der Waals surface area contributed by atoms with E-state index in [1.165, 1.54) is 12.0 Å². The molecule has 2 rings (SSSR count). The zero-order valence-corrected chi connectivity index (χ0v) is 12.3. The van der Waals surface area contributed by atoms with Gasteiger partial charge in [0.05, 0.1) is 12.1 Å². The predicted molar refractivity (Wildman–Crippen MR) is 73.5 cm³/mol. The van der Waals surface area contributed by atoms with E-state index in [9.17, 15) is 13.2 Å². The second-order valence-electron chi connectivity index (χ2n) is 4.12.